The van der Waals surface area contributed by atoms with Gasteiger partial charge < -0.3 is 15.7 Å². The van der Waals surface area contributed by atoms with Crippen LogP contribution in [0.2, 0.25) is 0 Å². The molecule has 3 N–H and O–H groups in total. The van der Waals surface area contributed by atoms with Crippen molar-refractivity contribution in [1.29, 1.82) is 0 Å². The van der Waals surface area contributed by atoms with E-state index in [0.29, 0.717) is 0 Å². The molecule has 0 fully saturated rings. The zero-order valence-electron chi connectivity index (χ0n) is 9.84. The summed E-state index contributed by atoms with van der Waals surface area (Å²) < 4.78 is 78.0. The number of ether oxygens (including phenoxy) is 1. The molecule has 11 heteroatoms. The Morgan fingerprint density at radius 3 is 2.10 bits per heavy atom. The number of nitrogens with two attached hydrogens (primary N) is 1. The minimum Gasteiger partial charge on any atom is -0.471 e. The smallest absolute Gasteiger partial charge is 0.434 e. The molecule has 0 aliphatic carbocycles. The lowest BCUT2D eigenvalue weighted by molar-refractivity contribution is -0.299. The lowest BCUT2D eigenvalue weighted by Crippen LogP contribution is -2.46. The summed E-state index contributed by atoms with van der Waals surface area (Å²) in [5.41, 5.74) is 5.32. The maximum Gasteiger partial charge on any atom is 0.434 e. The maximum atomic E-state index is 12.3. The zero-order valence-corrected chi connectivity index (χ0v) is 11.4. The number of benzene rings is 1. The van der Waals surface area contributed by atoms with E-state index in [4.69, 9.17) is 10.9 Å². The molecule has 0 bridgehead atoms. The minimum absolute atomic E-state index is 0.00148. The summed E-state index contributed by atoms with van der Waals surface area (Å²) in [4.78, 5) is 0. The van der Waals surface area contributed by atoms with Crippen molar-refractivity contribution in [2.75, 3.05) is 0 Å². The van der Waals surface area contributed by atoms with Gasteiger partial charge in [0.1, 0.15) is 5.75 Å². The highest BCUT2D eigenvalue weighted by molar-refractivity contribution is 9.10. The topological polar surface area (TPSA) is 67.8 Å². The van der Waals surface area contributed by atoms with Gasteiger partial charge in [-0.25, -0.2) is 0 Å². The summed E-state index contributed by atoms with van der Waals surface area (Å²) in [7, 11) is 0. The normalized spacial score (nSPS) is 13.6. The number of amidine groups is 1. The van der Waals surface area contributed by atoms with E-state index in [1.807, 2.05) is 0 Å². The van der Waals surface area contributed by atoms with Gasteiger partial charge in [-0.05, 0) is 34.1 Å². The van der Waals surface area contributed by atoms with Crippen LogP contribution in [0.5, 0.6) is 5.75 Å². The van der Waals surface area contributed by atoms with E-state index in [0.717, 1.165) is 18.2 Å². The number of alkyl halides is 6. The third-order valence-corrected chi connectivity index (χ3v) is 2.83. The fourth-order valence-electron chi connectivity index (χ4n) is 1.29. The van der Waals surface area contributed by atoms with Crippen LogP contribution in [-0.4, -0.2) is 29.5 Å². The first kappa shape index (κ1) is 17.4. The lowest BCUT2D eigenvalue weighted by atomic mass is 10.2. The van der Waals surface area contributed by atoms with Gasteiger partial charge in [-0.2, -0.15) is 26.3 Å². The summed E-state index contributed by atoms with van der Waals surface area (Å²) in [5, 5.41) is 11.1. The Hall–Kier alpha value is -1.65. The Kier molecular flexibility index (Phi) is 4.97. The number of nitrogens with zero attached hydrogens (tertiary/aromatic N) is 1. The molecule has 0 aliphatic rings. The van der Waals surface area contributed by atoms with E-state index in [-0.39, 0.29) is 15.9 Å². The predicted octanol–water partition coefficient (Wildman–Crippen LogP) is 3.42. The number of halogens is 7. The molecule has 1 aromatic carbocycles. The monoisotopic (exact) mass is 380 g/mol. The van der Waals surface area contributed by atoms with Crippen LogP contribution in [0.4, 0.5) is 26.3 Å². The highest BCUT2D eigenvalue weighted by atomic mass is 79.9. The fourth-order valence-corrected chi connectivity index (χ4v) is 1.85. The molecular weight excluding hydrogens is 374 g/mol. The molecule has 0 aliphatic heterocycles. The van der Waals surface area contributed by atoms with E-state index >= 15 is 0 Å². The summed E-state index contributed by atoms with van der Waals surface area (Å²) in [6.45, 7) is 0. The lowest BCUT2D eigenvalue weighted by Gasteiger charge is -2.24. The van der Waals surface area contributed by atoms with Crippen LogP contribution < -0.4 is 10.5 Å². The largest absolute Gasteiger partial charge is 0.471 e. The average molecular weight is 381 g/mol. The molecule has 0 spiro atoms. The molecule has 0 saturated carbocycles. The quantitative estimate of drug-likeness (QED) is 0.277. The van der Waals surface area contributed by atoms with Crippen molar-refractivity contribution in [1.82, 2.24) is 0 Å². The maximum absolute atomic E-state index is 12.3. The van der Waals surface area contributed by atoms with Gasteiger partial charge in [-0.1, -0.05) is 5.16 Å². The van der Waals surface area contributed by atoms with Crippen LogP contribution in [0.15, 0.2) is 27.8 Å². The predicted molar refractivity (Wildman–Crippen MR) is 63.2 cm³/mol. The second-order valence-corrected chi connectivity index (χ2v) is 4.56. The molecule has 4 nitrogen and oxygen atoms in total. The van der Waals surface area contributed by atoms with Gasteiger partial charge in [0.25, 0.3) is 6.10 Å². The first-order valence-corrected chi connectivity index (χ1v) is 5.83. The third-order valence-electron chi connectivity index (χ3n) is 2.17. The van der Waals surface area contributed by atoms with Crippen molar-refractivity contribution >= 4 is 21.8 Å². The van der Waals surface area contributed by atoms with E-state index in [1.54, 1.807) is 0 Å². The SMILES string of the molecule is N/C(=N/O)c1ccc(OC(C(F)(F)F)C(F)(F)F)cc1Br. The minimum atomic E-state index is -5.62. The average Bonchev–Trinajstić information content (AvgIpc) is 2.32. The first-order chi connectivity index (χ1) is 9.46. The van der Waals surface area contributed by atoms with Crippen molar-refractivity contribution in [3.05, 3.63) is 28.2 Å². The first-order valence-electron chi connectivity index (χ1n) is 5.04. The summed E-state index contributed by atoms with van der Waals surface area (Å²) in [5.74, 6) is -1.06. The van der Waals surface area contributed by atoms with E-state index in [1.165, 1.54) is 0 Å². The molecule has 0 atom stereocenters. The number of oxime groups is 1. The molecule has 0 aromatic heterocycles. The van der Waals surface area contributed by atoms with Crippen molar-refractivity contribution in [2.45, 2.75) is 18.5 Å². The Morgan fingerprint density at radius 2 is 1.71 bits per heavy atom. The second kappa shape index (κ2) is 6.00. The van der Waals surface area contributed by atoms with E-state index in [9.17, 15) is 26.3 Å². The summed E-state index contributed by atoms with van der Waals surface area (Å²) >= 11 is 2.86. The Labute approximate surface area is 122 Å². The molecule has 0 heterocycles. The van der Waals surface area contributed by atoms with Crippen LogP contribution >= 0.6 is 15.9 Å². The third kappa shape index (κ3) is 4.41. The van der Waals surface area contributed by atoms with Gasteiger partial charge in [0.15, 0.2) is 5.84 Å². The summed E-state index contributed by atoms with van der Waals surface area (Å²) in [6, 6.07) is 2.72. The summed E-state index contributed by atoms with van der Waals surface area (Å²) in [6.07, 6.45) is -15.2. The Bertz CT molecular complexity index is 529. The van der Waals surface area contributed by atoms with Crippen molar-refractivity contribution in [3.8, 4) is 5.75 Å². The Morgan fingerprint density at radius 1 is 1.19 bits per heavy atom. The fraction of sp³-hybridized carbons (Fsp3) is 0.300. The number of hydrogen-bond donors (Lipinski definition) is 2. The van der Waals surface area contributed by atoms with Crippen LogP contribution in [0, 0.1) is 0 Å². The van der Waals surface area contributed by atoms with Gasteiger partial charge in [0.05, 0.1) is 0 Å². The van der Waals surface area contributed by atoms with Crippen LogP contribution in [0.1, 0.15) is 5.56 Å². The van der Waals surface area contributed by atoms with E-state index < -0.39 is 24.2 Å². The molecule has 0 unspecified atom stereocenters. The van der Waals surface area contributed by atoms with Gasteiger partial charge in [-0.15, -0.1) is 0 Å². The van der Waals surface area contributed by atoms with Gasteiger partial charge in [0, 0.05) is 10.0 Å². The molecular formula is C10H7BrF6N2O2. The van der Waals surface area contributed by atoms with Crippen LogP contribution in [0.3, 0.4) is 0 Å². The van der Waals surface area contributed by atoms with Crippen LogP contribution in [-0.2, 0) is 0 Å². The number of hydrogen-bond acceptors (Lipinski definition) is 3. The van der Waals surface area contributed by atoms with E-state index in [2.05, 4.69) is 25.8 Å². The highest BCUT2D eigenvalue weighted by Crippen LogP contribution is 2.37. The second-order valence-electron chi connectivity index (χ2n) is 3.71. The van der Waals surface area contributed by atoms with Gasteiger partial charge in [-0.3, -0.25) is 0 Å². The van der Waals surface area contributed by atoms with Crippen molar-refractivity contribution < 1.29 is 36.3 Å². The molecule has 118 valence electrons. The number of rotatable bonds is 3. The molecule has 0 amide bonds. The standard InChI is InChI=1S/C10H7BrF6N2O2/c11-6-3-4(1-2-5(6)7(18)19-20)21-8(9(12,13)14)10(15,16)17/h1-3,8,20H,(H2,18,19). The molecule has 1 aromatic rings. The van der Waals surface area contributed by atoms with Crippen molar-refractivity contribution in [3.63, 3.8) is 0 Å². The van der Waals surface area contributed by atoms with Gasteiger partial charge >= 0.3 is 12.4 Å². The van der Waals surface area contributed by atoms with Crippen molar-refractivity contribution in [2.24, 2.45) is 10.9 Å². The molecule has 0 radical (unpaired) electrons. The molecule has 21 heavy (non-hydrogen) atoms. The molecule has 0 saturated heterocycles. The Balaban J connectivity index is 3.10. The van der Waals surface area contributed by atoms with Gasteiger partial charge in [0.2, 0.25) is 0 Å². The van der Waals surface area contributed by atoms with Crippen LogP contribution in [0.25, 0.3) is 0 Å². The highest BCUT2D eigenvalue weighted by Gasteiger charge is 2.59. The molecule has 1 rings (SSSR count). The zero-order chi connectivity index (χ0) is 16.4.